The van der Waals surface area contributed by atoms with E-state index in [2.05, 4.69) is 11.3 Å². The molecule has 0 fully saturated rings. The van der Waals surface area contributed by atoms with Gasteiger partial charge in [-0.15, -0.1) is 0 Å². The number of unbranched alkanes of at least 4 members (excludes halogenated alkanes) is 1. The fourth-order valence-electron chi connectivity index (χ4n) is 0.438. The summed E-state index contributed by atoms with van der Waals surface area (Å²) in [5, 5.41) is 16.2. The minimum Gasteiger partial charge on any atom is -0.478 e. The molecule has 0 amide bonds. The van der Waals surface area contributed by atoms with Gasteiger partial charge in [-0.1, -0.05) is 19.9 Å². The van der Waals surface area contributed by atoms with Crippen molar-refractivity contribution in [1.82, 2.24) is 0 Å². The van der Waals surface area contributed by atoms with E-state index < -0.39 is 18.0 Å². The Morgan fingerprint density at radius 2 is 2.00 bits per heavy atom. The molecule has 0 aromatic rings. The molecular weight excluding hydrogens is 200 g/mol. The SMILES string of the molecule is C=CC(=O)O.CCCCOC(=O)C(C)O. The summed E-state index contributed by atoms with van der Waals surface area (Å²) in [5.74, 6) is -1.52. The van der Waals surface area contributed by atoms with E-state index in [0.717, 1.165) is 18.9 Å². The molecule has 0 saturated heterocycles. The first-order chi connectivity index (χ1) is 6.95. The van der Waals surface area contributed by atoms with Gasteiger partial charge in [-0.3, -0.25) is 0 Å². The van der Waals surface area contributed by atoms with Crippen molar-refractivity contribution in [3.05, 3.63) is 12.7 Å². The monoisotopic (exact) mass is 218 g/mol. The zero-order valence-corrected chi connectivity index (χ0v) is 9.10. The molecule has 2 N–H and O–H groups in total. The van der Waals surface area contributed by atoms with Crippen LogP contribution in [-0.2, 0) is 14.3 Å². The summed E-state index contributed by atoms with van der Waals surface area (Å²) in [5.41, 5.74) is 0. The molecule has 0 rings (SSSR count). The maximum absolute atomic E-state index is 10.5. The first kappa shape index (κ1) is 16.1. The molecule has 0 aliphatic rings. The minimum absolute atomic E-state index is 0.417. The maximum atomic E-state index is 10.5. The summed E-state index contributed by atoms with van der Waals surface area (Å²) in [4.78, 5) is 19.8. The van der Waals surface area contributed by atoms with Crippen molar-refractivity contribution in [2.45, 2.75) is 32.8 Å². The number of carboxylic acid groups (broad SMARTS) is 1. The molecule has 5 heteroatoms. The number of aliphatic carboxylic acids is 1. The Labute approximate surface area is 89.4 Å². The minimum atomic E-state index is -0.989. The molecular formula is C10H18O5. The first-order valence-corrected chi connectivity index (χ1v) is 4.65. The van der Waals surface area contributed by atoms with Crippen LogP contribution in [0.2, 0.25) is 0 Å². The quantitative estimate of drug-likeness (QED) is 0.408. The van der Waals surface area contributed by atoms with E-state index in [4.69, 9.17) is 10.2 Å². The average Bonchev–Trinajstić information content (AvgIpc) is 2.18. The van der Waals surface area contributed by atoms with E-state index in [1.54, 1.807) is 0 Å². The maximum Gasteiger partial charge on any atom is 0.334 e. The smallest absolute Gasteiger partial charge is 0.334 e. The van der Waals surface area contributed by atoms with Gasteiger partial charge in [0.2, 0.25) is 0 Å². The first-order valence-electron chi connectivity index (χ1n) is 4.65. The highest BCUT2D eigenvalue weighted by molar-refractivity contribution is 5.78. The van der Waals surface area contributed by atoms with E-state index in [1.807, 2.05) is 6.92 Å². The van der Waals surface area contributed by atoms with Crippen molar-refractivity contribution in [3.63, 3.8) is 0 Å². The van der Waals surface area contributed by atoms with Crippen LogP contribution in [0, 0.1) is 0 Å². The fraction of sp³-hybridized carbons (Fsp3) is 0.600. The van der Waals surface area contributed by atoms with Crippen molar-refractivity contribution in [3.8, 4) is 0 Å². The molecule has 0 aliphatic heterocycles. The zero-order valence-electron chi connectivity index (χ0n) is 9.10. The summed E-state index contributed by atoms with van der Waals surface area (Å²) in [7, 11) is 0. The van der Waals surface area contributed by atoms with Gasteiger partial charge in [0.1, 0.15) is 6.10 Å². The van der Waals surface area contributed by atoms with Crippen molar-refractivity contribution in [2.24, 2.45) is 0 Å². The van der Waals surface area contributed by atoms with E-state index in [-0.39, 0.29) is 0 Å². The number of carbonyl (C=O) groups excluding carboxylic acids is 1. The average molecular weight is 218 g/mol. The van der Waals surface area contributed by atoms with Gasteiger partial charge < -0.3 is 14.9 Å². The van der Waals surface area contributed by atoms with Gasteiger partial charge in [0.05, 0.1) is 6.61 Å². The number of hydrogen-bond acceptors (Lipinski definition) is 4. The number of aliphatic hydroxyl groups is 1. The molecule has 0 bridgehead atoms. The van der Waals surface area contributed by atoms with Crippen molar-refractivity contribution in [2.75, 3.05) is 6.61 Å². The van der Waals surface area contributed by atoms with Crippen LogP contribution in [0.4, 0.5) is 0 Å². The molecule has 1 atom stereocenters. The summed E-state index contributed by atoms with van der Waals surface area (Å²) < 4.78 is 4.65. The van der Waals surface area contributed by atoms with Crippen molar-refractivity contribution >= 4 is 11.9 Å². The number of esters is 1. The predicted octanol–water partition coefficient (Wildman–Crippen LogP) is 0.967. The van der Waals surface area contributed by atoms with Crippen LogP contribution in [0.1, 0.15) is 26.7 Å². The molecule has 1 unspecified atom stereocenters. The summed E-state index contributed by atoms with van der Waals surface area (Å²) in [6.07, 6.45) is 1.70. The number of ether oxygens (including phenoxy) is 1. The van der Waals surface area contributed by atoms with E-state index in [1.165, 1.54) is 6.92 Å². The molecule has 0 aromatic heterocycles. The lowest BCUT2D eigenvalue weighted by Crippen LogP contribution is -2.19. The second-order valence-corrected chi connectivity index (χ2v) is 2.74. The largest absolute Gasteiger partial charge is 0.478 e. The van der Waals surface area contributed by atoms with Crippen LogP contribution in [-0.4, -0.2) is 34.9 Å². The van der Waals surface area contributed by atoms with Gasteiger partial charge in [-0.05, 0) is 13.3 Å². The van der Waals surface area contributed by atoms with Crippen LogP contribution < -0.4 is 0 Å². The highest BCUT2D eigenvalue weighted by Gasteiger charge is 2.08. The van der Waals surface area contributed by atoms with Crippen LogP contribution in [0.5, 0.6) is 0 Å². The molecule has 0 aromatic carbocycles. The Kier molecular flexibility index (Phi) is 11.5. The van der Waals surface area contributed by atoms with E-state index in [9.17, 15) is 9.59 Å². The third-order valence-electron chi connectivity index (χ3n) is 1.26. The van der Waals surface area contributed by atoms with Gasteiger partial charge >= 0.3 is 11.9 Å². The van der Waals surface area contributed by atoms with E-state index in [0.29, 0.717) is 6.61 Å². The Balaban J connectivity index is 0. The topological polar surface area (TPSA) is 83.8 Å². The van der Waals surface area contributed by atoms with Crippen molar-refractivity contribution in [1.29, 1.82) is 0 Å². The molecule has 0 saturated carbocycles. The summed E-state index contributed by atoms with van der Waals surface area (Å²) in [6, 6.07) is 0. The number of hydrogen-bond donors (Lipinski definition) is 2. The predicted molar refractivity (Wildman–Crippen MR) is 55.4 cm³/mol. The molecule has 0 spiro atoms. The van der Waals surface area contributed by atoms with Gasteiger partial charge in [0.25, 0.3) is 0 Å². The molecule has 88 valence electrons. The molecule has 0 radical (unpaired) electrons. The Hall–Kier alpha value is -1.36. The highest BCUT2D eigenvalue weighted by atomic mass is 16.5. The number of aliphatic hydroxyl groups excluding tert-OH is 1. The van der Waals surface area contributed by atoms with Gasteiger partial charge in [-0.2, -0.15) is 0 Å². The lowest BCUT2D eigenvalue weighted by atomic mass is 10.3. The third kappa shape index (κ3) is 15.4. The Morgan fingerprint density at radius 1 is 1.53 bits per heavy atom. The van der Waals surface area contributed by atoms with Gasteiger partial charge in [0, 0.05) is 6.08 Å². The van der Waals surface area contributed by atoms with Crippen LogP contribution >= 0.6 is 0 Å². The Bertz CT molecular complexity index is 198. The van der Waals surface area contributed by atoms with Crippen LogP contribution in [0.25, 0.3) is 0 Å². The number of carboxylic acids is 1. The fourth-order valence-corrected chi connectivity index (χ4v) is 0.438. The van der Waals surface area contributed by atoms with Crippen molar-refractivity contribution < 1.29 is 24.5 Å². The molecule has 5 nitrogen and oxygen atoms in total. The number of rotatable bonds is 5. The Morgan fingerprint density at radius 3 is 2.27 bits per heavy atom. The second-order valence-electron chi connectivity index (χ2n) is 2.74. The normalized spacial score (nSPS) is 10.6. The number of carbonyl (C=O) groups is 2. The second kappa shape index (κ2) is 10.7. The van der Waals surface area contributed by atoms with Gasteiger partial charge in [-0.25, -0.2) is 9.59 Å². The van der Waals surface area contributed by atoms with Crippen LogP contribution in [0.3, 0.4) is 0 Å². The molecule has 15 heavy (non-hydrogen) atoms. The zero-order chi connectivity index (χ0) is 12.3. The lowest BCUT2D eigenvalue weighted by Gasteiger charge is -2.04. The highest BCUT2D eigenvalue weighted by Crippen LogP contribution is 1.91. The molecule has 0 aliphatic carbocycles. The van der Waals surface area contributed by atoms with E-state index >= 15 is 0 Å². The summed E-state index contributed by atoms with van der Waals surface area (Å²) in [6.45, 7) is 6.78. The van der Waals surface area contributed by atoms with Gasteiger partial charge in [0.15, 0.2) is 0 Å². The standard InChI is InChI=1S/C7H14O3.C3H4O2/c1-3-4-5-10-7(9)6(2)8;1-2-3(4)5/h6,8H,3-5H2,1-2H3;2H,1H2,(H,4,5). The summed E-state index contributed by atoms with van der Waals surface area (Å²) >= 11 is 0. The molecule has 0 heterocycles. The van der Waals surface area contributed by atoms with Crippen LogP contribution in [0.15, 0.2) is 12.7 Å². The lowest BCUT2D eigenvalue weighted by molar-refractivity contribution is -0.152. The third-order valence-corrected chi connectivity index (χ3v) is 1.26.